The maximum atomic E-state index is 13.6. The van der Waals surface area contributed by atoms with Crippen LogP contribution in [0, 0.1) is 6.92 Å². The zero-order valence-corrected chi connectivity index (χ0v) is 22.9. The number of benzene rings is 4. The maximum absolute atomic E-state index is 13.6. The van der Waals surface area contributed by atoms with Crippen LogP contribution in [0.1, 0.15) is 40.2 Å². The molecular weight excluding hydrogens is 514 g/mol. The molecule has 1 aliphatic rings. The number of alkyl carbamates (subject to hydrolysis) is 1. The lowest BCUT2D eigenvalue weighted by Crippen LogP contribution is -2.45. The number of amides is 3. The van der Waals surface area contributed by atoms with E-state index in [1.165, 1.54) is 0 Å². The van der Waals surface area contributed by atoms with Crippen molar-refractivity contribution >= 4 is 23.6 Å². The summed E-state index contributed by atoms with van der Waals surface area (Å²) in [6.07, 6.45) is 0.173. The highest BCUT2D eigenvalue weighted by Crippen LogP contribution is 2.44. The van der Waals surface area contributed by atoms with Crippen LogP contribution < -0.4 is 16.4 Å². The lowest BCUT2D eigenvalue weighted by atomic mass is 9.98. The SMILES string of the molecule is Cc1ccc(CCC(N)=O)c(NC(=O)[C@H](Cc2ccccc2)NC(=O)OCC2c3ccccc3-c3ccccc32)c1. The van der Waals surface area contributed by atoms with Gasteiger partial charge in [-0.3, -0.25) is 9.59 Å². The summed E-state index contributed by atoms with van der Waals surface area (Å²) in [4.78, 5) is 38.1. The highest BCUT2D eigenvalue weighted by Gasteiger charge is 2.30. The van der Waals surface area contributed by atoms with E-state index in [4.69, 9.17) is 10.5 Å². The number of primary amides is 1. The number of carbonyl (C=O) groups is 3. The van der Waals surface area contributed by atoms with Gasteiger partial charge in [0.1, 0.15) is 12.6 Å². The van der Waals surface area contributed by atoms with Crippen LogP contribution in [0.3, 0.4) is 0 Å². The molecule has 4 aromatic carbocycles. The number of carbonyl (C=O) groups excluding carboxylic acids is 3. The zero-order valence-electron chi connectivity index (χ0n) is 22.9. The molecule has 1 atom stereocenters. The molecule has 0 heterocycles. The average Bonchev–Trinajstić information content (AvgIpc) is 3.29. The Bertz CT molecular complexity index is 1520. The monoisotopic (exact) mass is 547 g/mol. The van der Waals surface area contributed by atoms with Gasteiger partial charge in [-0.25, -0.2) is 4.79 Å². The summed E-state index contributed by atoms with van der Waals surface area (Å²) in [5, 5.41) is 5.76. The summed E-state index contributed by atoms with van der Waals surface area (Å²) in [6.45, 7) is 2.07. The van der Waals surface area contributed by atoms with Crippen LogP contribution in [0.5, 0.6) is 0 Å². The normalized spacial score (nSPS) is 12.6. The van der Waals surface area contributed by atoms with Gasteiger partial charge in [0.25, 0.3) is 0 Å². The third-order valence-electron chi connectivity index (χ3n) is 7.40. The summed E-state index contributed by atoms with van der Waals surface area (Å²) in [7, 11) is 0. The molecule has 0 fully saturated rings. The molecule has 208 valence electrons. The predicted octanol–water partition coefficient (Wildman–Crippen LogP) is 5.50. The summed E-state index contributed by atoms with van der Waals surface area (Å²) in [5.41, 5.74) is 13.1. The van der Waals surface area contributed by atoms with Crippen LogP contribution in [0.4, 0.5) is 10.5 Å². The van der Waals surface area contributed by atoms with Crippen LogP contribution in [-0.2, 0) is 27.2 Å². The van der Waals surface area contributed by atoms with Crippen LogP contribution in [0.2, 0.25) is 0 Å². The molecule has 4 N–H and O–H groups in total. The van der Waals surface area contributed by atoms with Gasteiger partial charge in [0.15, 0.2) is 0 Å². The molecule has 7 heteroatoms. The van der Waals surface area contributed by atoms with E-state index in [1.807, 2.05) is 79.7 Å². The van der Waals surface area contributed by atoms with Crippen LogP contribution in [0.15, 0.2) is 97.1 Å². The Balaban J connectivity index is 1.31. The summed E-state index contributed by atoms with van der Waals surface area (Å²) in [5.74, 6) is -0.885. The van der Waals surface area contributed by atoms with Gasteiger partial charge < -0.3 is 21.1 Å². The molecule has 7 nitrogen and oxygen atoms in total. The number of fused-ring (bicyclic) bond motifs is 3. The summed E-state index contributed by atoms with van der Waals surface area (Å²) < 4.78 is 5.73. The molecule has 3 amide bonds. The fourth-order valence-corrected chi connectivity index (χ4v) is 5.34. The topological polar surface area (TPSA) is 111 Å². The molecule has 0 saturated heterocycles. The van der Waals surface area contributed by atoms with Crippen molar-refractivity contribution in [3.63, 3.8) is 0 Å². The molecule has 0 unspecified atom stereocenters. The molecular formula is C34H33N3O4. The van der Waals surface area contributed by atoms with E-state index in [9.17, 15) is 14.4 Å². The van der Waals surface area contributed by atoms with Crippen molar-refractivity contribution in [2.24, 2.45) is 5.73 Å². The van der Waals surface area contributed by atoms with Crippen LogP contribution >= 0.6 is 0 Å². The van der Waals surface area contributed by atoms with E-state index in [1.54, 1.807) is 0 Å². The second-order valence-electron chi connectivity index (χ2n) is 10.3. The fraction of sp³-hybridized carbons (Fsp3) is 0.206. The van der Waals surface area contributed by atoms with Crippen molar-refractivity contribution < 1.29 is 19.1 Å². The minimum absolute atomic E-state index is 0.0883. The third kappa shape index (κ3) is 6.64. The largest absolute Gasteiger partial charge is 0.449 e. The van der Waals surface area contributed by atoms with E-state index in [-0.39, 0.29) is 31.3 Å². The Labute approximate surface area is 239 Å². The van der Waals surface area contributed by atoms with E-state index in [0.717, 1.165) is 38.9 Å². The number of hydrogen-bond donors (Lipinski definition) is 3. The molecule has 0 radical (unpaired) electrons. The molecule has 0 bridgehead atoms. The maximum Gasteiger partial charge on any atom is 0.407 e. The third-order valence-corrected chi connectivity index (χ3v) is 7.40. The lowest BCUT2D eigenvalue weighted by Gasteiger charge is -2.21. The highest BCUT2D eigenvalue weighted by atomic mass is 16.5. The van der Waals surface area contributed by atoms with Gasteiger partial charge in [-0.15, -0.1) is 0 Å². The second kappa shape index (κ2) is 12.5. The first-order valence-corrected chi connectivity index (χ1v) is 13.7. The number of anilines is 1. The fourth-order valence-electron chi connectivity index (χ4n) is 5.34. The number of nitrogens with two attached hydrogens (primary N) is 1. The molecule has 0 aliphatic heterocycles. The standard InChI is InChI=1S/C34H33N3O4/c1-22-15-16-24(17-18-32(35)38)30(19-22)36-33(39)31(20-23-9-3-2-4-10-23)37-34(40)41-21-29-27-13-7-5-11-25(27)26-12-6-8-14-28(26)29/h2-16,19,29,31H,17-18,20-21H2,1H3,(H2,35,38)(H,36,39)(H,37,40)/t31-/m0/s1. The molecule has 0 saturated carbocycles. The first-order chi connectivity index (χ1) is 19.9. The van der Waals surface area contributed by atoms with Crippen molar-refractivity contribution in [3.05, 3.63) is 125 Å². The van der Waals surface area contributed by atoms with Crippen molar-refractivity contribution in [1.82, 2.24) is 5.32 Å². The number of ether oxygens (including phenoxy) is 1. The molecule has 5 rings (SSSR count). The average molecular weight is 548 g/mol. The zero-order chi connectivity index (χ0) is 28.8. The summed E-state index contributed by atoms with van der Waals surface area (Å²) >= 11 is 0. The molecule has 0 spiro atoms. The quantitative estimate of drug-likeness (QED) is 0.243. The van der Waals surface area contributed by atoms with Gasteiger partial charge in [-0.05, 0) is 58.4 Å². The first-order valence-electron chi connectivity index (χ1n) is 13.7. The Kier molecular flexibility index (Phi) is 8.44. The van der Waals surface area contributed by atoms with Gasteiger partial charge in [0.2, 0.25) is 11.8 Å². The van der Waals surface area contributed by atoms with Crippen molar-refractivity contribution in [3.8, 4) is 11.1 Å². The highest BCUT2D eigenvalue weighted by molar-refractivity contribution is 5.97. The minimum atomic E-state index is -0.891. The van der Waals surface area contributed by atoms with E-state index in [0.29, 0.717) is 12.1 Å². The molecule has 1 aliphatic carbocycles. The van der Waals surface area contributed by atoms with Crippen LogP contribution in [-0.4, -0.2) is 30.6 Å². The van der Waals surface area contributed by atoms with E-state index >= 15 is 0 Å². The van der Waals surface area contributed by atoms with Gasteiger partial charge in [-0.1, -0.05) is 91.0 Å². The first kappa shape index (κ1) is 27.6. The second-order valence-corrected chi connectivity index (χ2v) is 10.3. The number of aryl methyl sites for hydroxylation is 2. The molecule has 0 aromatic heterocycles. The number of hydrogen-bond acceptors (Lipinski definition) is 4. The van der Waals surface area contributed by atoms with Gasteiger partial charge in [0.05, 0.1) is 0 Å². The Morgan fingerprint density at radius 2 is 1.49 bits per heavy atom. The Morgan fingerprint density at radius 3 is 2.15 bits per heavy atom. The van der Waals surface area contributed by atoms with Gasteiger partial charge in [-0.2, -0.15) is 0 Å². The lowest BCUT2D eigenvalue weighted by molar-refractivity contribution is -0.118. The van der Waals surface area contributed by atoms with Crippen LogP contribution in [0.25, 0.3) is 11.1 Å². The van der Waals surface area contributed by atoms with Crippen molar-refractivity contribution in [1.29, 1.82) is 0 Å². The number of rotatable bonds is 10. The van der Waals surface area contributed by atoms with Gasteiger partial charge in [0, 0.05) is 24.4 Å². The van der Waals surface area contributed by atoms with E-state index in [2.05, 4.69) is 34.9 Å². The summed E-state index contributed by atoms with van der Waals surface area (Å²) in [6, 6.07) is 30.5. The minimum Gasteiger partial charge on any atom is -0.449 e. The smallest absolute Gasteiger partial charge is 0.407 e. The van der Waals surface area contributed by atoms with Crippen molar-refractivity contribution in [2.75, 3.05) is 11.9 Å². The van der Waals surface area contributed by atoms with E-state index < -0.39 is 18.0 Å². The van der Waals surface area contributed by atoms with Crippen molar-refractivity contribution in [2.45, 2.75) is 38.1 Å². The Hall–Kier alpha value is -4.91. The van der Waals surface area contributed by atoms with Gasteiger partial charge >= 0.3 is 6.09 Å². The molecule has 4 aromatic rings. The number of nitrogens with one attached hydrogen (secondary N) is 2. The molecule has 41 heavy (non-hydrogen) atoms. The predicted molar refractivity (Wildman–Crippen MR) is 159 cm³/mol. The Morgan fingerprint density at radius 1 is 0.854 bits per heavy atom.